The Hall–Kier alpha value is -0.540. The normalized spacial score (nSPS) is 22.5. The predicted octanol–water partition coefficient (Wildman–Crippen LogP) is 3.27. The second kappa shape index (κ2) is 5.87. The van der Waals surface area contributed by atoms with Crippen molar-refractivity contribution < 1.29 is 0 Å². The highest BCUT2D eigenvalue weighted by atomic mass is 79.9. The number of nitrogens with one attached hydrogen (secondary N) is 1. The highest BCUT2D eigenvalue weighted by Gasteiger charge is 2.23. The van der Waals surface area contributed by atoms with Crippen molar-refractivity contribution in [3.05, 3.63) is 28.7 Å². The first-order chi connectivity index (χ1) is 8.20. The first kappa shape index (κ1) is 12.9. The highest BCUT2D eigenvalue weighted by Crippen LogP contribution is 2.21. The van der Waals surface area contributed by atoms with Gasteiger partial charge in [0.25, 0.3) is 0 Å². The van der Waals surface area contributed by atoms with Crippen molar-refractivity contribution in [1.29, 1.82) is 0 Å². The molecule has 17 heavy (non-hydrogen) atoms. The van der Waals surface area contributed by atoms with Crippen LogP contribution in [0, 0.1) is 5.92 Å². The van der Waals surface area contributed by atoms with Crippen LogP contribution in [0.1, 0.15) is 20.3 Å². The van der Waals surface area contributed by atoms with Crippen molar-refractivity contribution in [2.45, 2.75) is 26.3 Å². The van der Waals surface area contributed by atoms with E-state index in [1.54, 1.807) is 0 Å². The molecule has 1 aromatic carbocycles. The van der Waals surface area contributed by atoms with E-state index in [4.69, 9.17) is 0 Å². The Kier molecular flexibility index (Phi) is 4.46. The average molecular weight is 297 g/mol. The third-order valence-corrected chi connectivity index (χ3v) is 4.26. The summed E-state index contributed by atoms with van der Waals surface area (Å²) < 4.78 is 1.15. The topological polar surface area (TPSA) is 15.3 Å². The number of anilines is 1. The van der Waals surface area contributed by atoms with Gasteiger partial charge in [0, 0.05) is 35.8 Å². The molecule has 3 heteroatoms. The van der Waals surface area contributed by atoms with E-state index in [9.17, 15) is 0 Å². The van der Waals surface area contributed by atoms with E-state index in [1.807, 2.05) is 0 Å². The zero-order valence-corrected chi connectivity index (χ0v) is 12.2. The summed E-state index contributed by atoms with van der Waals surface area (Å²) in [7, 11) is 0. The minimum Gasteiger partial charge on any atom is -0.369 e. The lowest BCUT2D eigenvalue weighted by Gasteiger charge is -2.38. The maximum Gasteiger partial charge on any atom is 0.0367 e. The van der Waals surface area contributed by atoms with Crippen LogP contribution in [0.5, 0.6) is 0 Å². The van der Waals surface area contributed by atoms with Crippen LogP contribution in [0.15, 0.2) is 28.7 Å². The standard InChI is InChI=1S/C14H21BrN2/c1-3-11(2)14-10-17(9-8-16-14)13-6-4-12(15)5-7-13/h4-7,11,14,16H,3,8-10H2,1-2H3. The van der Waals surface area contributed by atoms with E-state index < -0.39 is 0 Å². The number of halogens is 1. The van der Waals surface area contributed by atoms with Gasteiger partial charge in [0.15, 0.2) is 0 Å². The predicted molar refractivity (Wildman–Crippen MR) is 77.6 cm³/mol. The number of hydrogen-bond donors (Lipinski definition) is 1. The lowest BCUT2D eigenvalue weighted by molar-refractivity contribution is 0.342. The summed E-state index contributed by atoms with van der Waals surface area (Å²) in [5, 5.41) is 3.63. The molecule has 1 aliphatic rings. The van der Waals surface area contributed by atoms with Gasteiger partial charge in [-0.05, 0) is 30.2 Å². The molecule has 0 bridgehead atoms. The van der Waals surface area contributed by atoms with Crippen LogP contribution in [0.2, 0.25) is 0 Å². The van der Waals surface area contributed by atoms with Crippen LogP contribution in [-0.4, -0.2) is 25.7 Å². The average Bonchev–Trinajstić information content (AvgIpc) is 2.39. The SMILES string of the molecule is CCC(C)C1CN(c2ccc(Br)cc2)CCN1. The van der Waals surface area contributed by atoms with Crippen LogP contribution in [0.25, 0.3) is 0 Å². The van der Waals surface area contributed by atoms with Crippen molar-refractivity contribution in [3.8, 4) is 0 Å². The lowest BCUT2D eigenvalue weighted by atomic mass is 9.97. The van der Waals surface area contributed by atoms with Gasteiger partial charge in [0.05, 0.1) is 0 Å². The maximum atomic E-state index is 3.63. The molecule has 1 saturated heterocycles. The van der Waals surface area contributed by atoms with Gasteiger partial charge in [-0.1, -0.05) is 36.2 Å². The third-order valence-electron chi connectivity index (χ3n) is 3.73. The molecule has 0 spiro atoms. The first-order valence-corrected chi connectivity index (χ1v) is 7.24. The molecule has 1 N–H and O–H groups in total. The molecule has 0 amide bonds. The molecule has 1 aliphatic heterocycles. The Labute approximate surface area is 113 Å². The summed E-state index contributed by atoms with van der Waals surface area (Å²) in [5.74, 6) is 0.744. The Morgan fingerprint density at radius 1 is 1.41 bits per heavy atom. The number of hydrogen-bond acceptors (Lipinski definition) is 2. The monoisotopic (exact) mass is 296 g/mol. The molecule has 2 unspecified atom stereocenters. The summed E-state index contributed by atoms with van der Waals surface area (Å²) in [6, 6.07) is 9.26. The van der Waals surface area contributed by atoms with Gasteiger partial charge in [0.1, 0.15) is 0 Å². The molecule has 0 radical (unpaired) electrons. The third kappa shape index (κ3) is 3.23. The summed E-state index contributed by atoms with van der Waals surface area (Å²) >= 11 is 3.48. The molecule has 2 rings (SSSR count). The highest BCUT2D eigenvalue weighted by molar-refractivity contribution is 9.10. The zero-order valence-electron chi connectivity index (χ0n) is 10.6. The fraction of sp³-hybridized carbons (Fsp3) is 0.571. The van der Waals surface area contributed by atoms with Crippen LogP contribution in [0.3, 0.4) is 0 Å². The van der Waals surface area contributed by atoms with Crippen LogP contribution < -0.4 is 10.2 Å². The number of rotatable bonds is 3. The largest absolute Gasteiger partial charge is 0.369 e. The van der Waals surface area contributed by atoms with Crippen LogP contribution in [0.4, 0.5) is 5.69 Å². The van der Waals surface area contributed by atoms with Gasteiger partial charge >= 0.3 is 0 Å². The fourth-order valence-corrected chi connectivity index (χ4v) is 2.59. The summed E-state index contributed by atoms with van der Waals surface area (Å²) in [4.78, 5) is 2.49. The van der Waals surface area contributed by atoms with Gasteiger partial charge in [-0.3, -0.25) is 0 Å². The molecular formula is C14H21BrN2. The molecule has 94 valence electrons. The summed E-state index contributed by atoms with van der Waals surface area (Å²) in [5.41, 5.74) is 1.34. The second-order valence-corrected chi connectivity index (χ2v) is 5.78. The molecule has 0 aliphatic carbocycles. The summed E-state index contributed by atoms with van der Waals surface area (Å²) in [6.45, 7) is 7.92. The van der Waals surface area contributed by atoms with Crippen molar-refractivity contribution in [2.24, 2.45) is 5.92 Å². The van der Waals surface area contributed by atoms with Gasteiger partial charge < -0.3 is 10.2 Å². The van der Waals surface area contributed by atoms with Crippen LogP contribution >= 0.6 is 15.9 Å². The number of piperazine rings is 1. The van der Waals surface area contributed by atoms with E-state index in [0.717, 1.165) is 30.0 Å². The van der Waals surface area contributed by atoms with E-state index in [1.165, 1.54) is 12.1 Å². The quantitative estimate of drug-likeness (QED) is 0.921. The minimum atomic E-state index is 0.623. The molecule has 0 saturated carbocycles. The molecule has 0 aromatic heterocycles. The Morgan fingerprint density at radius 2 is 2.12 bits per heavy atom. The zero-order chi connectivity index (χ0) is 12.3. The van der Waals surface area contributed by atoms with Gasteiger partial charge in [-0.25, -0.2) is 0 Å². The maximum absolute atomic E-state index is 3.63. The summed E-state index contributed by atoms with van der Waals surface area (Å²) in [6.07, 6.45) is 1.24. The van der Waals surface area contributed by atoms with Crippen molar-refractivity contribution in [1.82, 2.24) is 5.32 Å². The number of benzene rings is 1. The molecule has 2 nitrogen and oxygen atoms in total. The Balaban J connectivity index is 2.04. The molecule has 1 fully saturated rings. The molecule has 1 aromatic rings. The van der Waals surface area contributed by atoms with E-state index in [2.05, 4.69) is 64.3 Å². The van der Waals surface area contributed by atoms with E-state index in [0.29, 0.717) is 6.04 Å². The Morgan fingerprint density at radius 3 is 2.76 bits per heavy atom. The first-order valence-electron chi connectivity index (χ1n) is 6.44. The van der Waals surface area contributed by atoms with Gasteiger partial charge in [-0.15, -0.1) is 0 Å². The van der Waals surface area contributed by atoms with Crippen molar-refractivity contribution >= 4 is 21.6 Å². The fourth-order valence-electron chi connectivity index (χ4n) is 2.33. The molecule has 2 atom stereocenters. The van der Waals surface area contributed by atoms with Crippen molar-refractivity contribution in [2.75, 3.05) is 24.5 Å². The second-order valence-electron chi connectivity index (χ2n) is 4.87. The van der Waals surface area contributed by atoms with Crippen LogP contribution in [-0.2, 0) is 0 Å². The van der Waals surface area contributed by atoms with Gasteiger partial charge in [-0.2, -0.15) is 0 Å². The van der Waals surface area contributed by atoms with E-state index >= 15 is 0 Å². The molecular weight excluding hydrogens is 276 g/mol. The minimum absolute atomic E-state index is 0.623. The Bertz CT molecular complexity index is 350. The van der Waals surface area contributed by atoms with E-state index in [-0.39, 0.29) is 0 Å². The van der Waals surface area contributed by atoms with Gasteiger partial charge in [0.2, 0.25) is 0 Å². The van der Waals surface area contributed by atoms with Crippen molar-refractivity contribution in [3.63, 3.8) is 0 Å². The molecule has 1 heterocycles. The number of nitrogens with zero attached hydrogens (tertiary/aromatic N) is 1. The lowest BCUT2D eigenvalue weighted by Crippen LogP contribution is -2.53. The smallest absolute Gasteiger partial charge is 0.0367 e.